The summed E-state index contributed by atoms with van der Waals surface area (Å²) in [5.41, 5.74) is 6.46. The molecule has 0 aliphatic heterocycles. The lowest BCUT2D eigenvalue weighted by molar-refractivity contribution is -0.123. The minimum Gasteiger partial charge on any atom is -0.482 e. The van der Waals surface area contributed by atoms with Gasteiger partial charge in [0.1, 0.15) is 11.8 Å². The van der Waals surface area contributed by atoms with E-state index in [1.54, 1.807) is 18.2 Å². The Morgan fingerprint density at radius 3 is 2.71 bits per heavy atom. The molecule has 21 heavy (non-hydrogen) atoms. The summed E-state index contributed by atoms with van der Waals surface area (Å²) in [6.45, 7) is -0.0743. The van der Waals surface area contributed by atoms with E-state index in [0.717, 1.165) is 12.8 Å². The Bertz CT molecular complexity index is 529. The maximum atomic E-state index is 11.9. The van der Waals surface area contributed by atoms with Crippen LogP contribution in [0.5, 0.6) is 5.75 Å². The monoisotopic (exact) mass is 287 g/mol. The van der Waals surface area contributed by atoms with E-state index in [-0.39, 0.29) is 18.6 Å². The van der Waals surface area contributed by atoms with Gasteiger partial charge in [-0.05, 0) is 31.0 Å². The highest BCUT2D eigenvalue weighted by molar-refractivity contribution is 5.78. The number of ether oxygens (including phenoxy) is 1. The van der Waals surface area contributed by atoms with E-state index in [2.05, 4.69) is 5.32 Å². The molecule has 112 valence electrons. The number of nitriles is 1. The molecular formula is C16H21N3O2. The molecule has 0 saturated heterocycles. The minimum atomic E-state index is -0.136. The van der Waals surface area contributed by atoms with Gasteiger partial charge in [-0.15, -0.1) is 0 Å². The first kappa shape index (κ1) is 15.2. The topological polar surface area (TPSA) is 88.1 Å². The Morgan fingerprint density at radius 2 is 2.05 bits per heavy atom. The fourth-order valence-electron chi connectivity index (χ4n) is 2.60. The van der Waals surface area contributed by atoms with Crippen LogP contribution in [0, 0.1) is 11.3 Å². The number of nitrogen functional groups attached to an aromatic ring is 1. The molecule has 1 aliphatic carbocycles. The molecule has 0 unspecified atom stereocenters. The third-order valence-corrected chi connectivity index (χ3v) is 3.70. The maximum absolute atomic E-state index is 11.9. The molecule has 1 amide bonds. The predicted octanol–water partition coefficient (Wildman–Crippen LogP) is 2.36. The lowest BCUT2D eigenvalue weighted by atomic mass is 10.1. The Morgan fingerprint density at radius 1 is 1.33 bits per heavy atom. The predicted molar refractivity (Wildman–Crippen MR) is 80.7 cm³/mol. The largest absolute Gasteiger partial charge is 0.482 e. The maximum Gasteiger partial charge on any atom is 0.258 e. The SMILES string of the molecule is N#Cc1cc(N)ccc1OCC(=O)NC1CCCCCC1. The van der Waals surface area contributed by atoms with E-state index >= 15 is 0 Å². The van der Waals surface area contributed by atoms with Crippen molar-refractivity contribution in [1.82, 2.24) is 5.32 Å². The summed E-state index contributed by atoms with van der Waals surface area (Å²) >= 11 is 0. The zero-order valence-electron chi connectivity index (χ0n) is 12.1. The number of hydrogen-bond donors (Lipinski definition) is 2. The number of anilines is 1. The molecule has 5 heteroatoms. The van der Waals surface area contributed by atoms with Crippen molar-refractivity contribution in [3.63, 3.8) is 0 Å². The van der Waals surface area contributed by atoms with Gasteiger partial charge in [0.15, 0.2) is 6.61 Å². The molecule has 0 heterocycles. The molecule has 1 aromatic carbocycles. The summed E-state index contributed by atoms with van der Waals surface area (Å²) in [7, 11) is 0. The molecule has 1 aromatic rings. The molecule has 1 fully saturated rings. The van der Waals surface area contributed by atoms with Crippen LogP contribution in [0.4, 0.5) is 5.69 Å². The second kappa shape index (κ2) is 7.53. The molecule has 0 spiro atoms. The quantitative estimate of drug-likeness (QED) is 0.657. The molecule has 2 rings (SSSR count). The van der Waals surface area contributed by atoms with Gasteiger partial charge in [-0.2, -0.15) is 5.26 Å². The van der Waals surface area contributed by atoms with E-state index in [1.165, 1.54) is 25.7 Å². The number of carbonyl (C=O) groups excluding carboxylic acids is 1. The lowest BCUT2D eigenvalue weighted by Crippen LogP contribution is -2.37. The first-order chi connectivity index (χ1) is 10.2. The number of nitrogens with two attached hydrogens (primary N) is 1. The van der Waals surface area contributed by atoms with Crippen LogP contribution in [0.15, 0.2) is 18.2 Å². The van der Waals surface area contributed by atoms with Crippen molar-refractivity contribution >= 4 is 11.6 Å². The van der Waals surface area contributed by atoms with Crippen LogP contribution in [0.1, 0.15) is 44.1 Å². The highest BCUT2D eigenvalue weighted by atomic mass is 16.5. The normalized spacial score (nSPS) is 15.8. The van der Waals surface area contributed by atoms with Gasteiger partial charge in [0.05, 0.1) is 5.56 Å². The van der Waals surface area contributed by atoms with Gasteiger partial charge >= 0.3 is 0 Å². The minimum absolute atomic E-state index is 0.0743. The molecule has 5 nitrogen and oxygen atoms in total. The standard InChI is InChI=1S/C16H21N3O2/c17-10-12-9-13(18)7-8-15(12)21-11-16(20)19-14-5-3-1-2-4-6-14/h7-9,14H,1-6,11,18H2,(H,19,20). The van der Waals surface area contributed by atoms with Crippen molar-refractivity contribution in [2.24, 2.45) is 0 Å². The number of hydrogen-bond acceptors (Lipinski definition) is 4. The van der Waals surface area contributed by atoms with Gasteiger partial charge < -0.3 is 15.8 Å². The van der Waals surface area contributed by atoms with Crippen molar-refractivity contribution < 1.29 is 9.53 Å². The fraction of sp³-hybridized carbons (Fsp3) is 0.500. The zero-order valence-corrected chi connectivity index (χ0v) is 12.1. The van der Waals surface area contributed by atoms with E-state index in [0.29, 0.717) is 17.0 Å². The van der Waals surface area contributed by atoms with Gasteiger partial charge in [-0.25, -0.2) is 0 Å². The Kier molecular flexibility index (Phi) is 5.44. The fourth-order valence-corrected chi connectivity index (χ4v) is 2.60. The van der Waals surface area contributed by atoms with Gasteiger partial charge in [0, 0.05) is 11.7 Å². The van der Waals surface area contributed by atoms with E-state index in [1.807, 2.05) is 6.07 Å². The Labute approximate surface area is 125 Å². The molecular weight excluding hydrogens is 266 g/mol. The van der Waals surface area contributed by atoms with Crippen LogP contribution in [0.3, 0.4) is 0 Å². The first-order valence-corrected chi connectivity index (χ1v) is 7.41. The van der Waals surface area contributed by atoms with Crippen LogP contribution in [-0.4, -0.2) is 18.6 Å². The van der Waals surface area contributed by atoms with Crippen LogP contribution in [0.2, 0.25) is 0 Å². The summed E-state index contributed by atoms with van der Waals surface area (Å²) in [6.07, 6.45) is 6.92. The molecule has 0 aromatic heterocycles. The van der Waals surface area contributed by atoms with Gasteiger partial charge in [-0.1, -0.05) is 25.7 Å². The number of carbonyl (C=O) groups is 1. The highest BCUT2D eigenvalue weighted by Gasteiger charge is 2.15. The second-order valence-electron chi connectivity index (χ2n) is 5.41. The van der Waals surface area contributed by atoms with Crippen molar-refractivity contribution in [2.45, 2.75) is 44.6 Å². The van der Waals surface area contributed by atoms with Crippen LogP contribution >= 0.6 is 0 Å². The molecule has 0 atom stereocenters. The van der Waals surface area contributed by atoms with Crippen LogP contribution in [-0.2, 0) is 4.79 Å². The highest BCUT2D eigenvalue weighted by Crippen LogP contribution is 2.20. The number of amides is 1. The van der Waals surface area contributed by atoms with Gasteiger partial charge in [0.2, 0.25) is 0 Å². The van der Waals surface area contributed by atoms with Crippen molar-refractivity contribution in [2.75, 3.05) is 12.3 Å². The summed E-state index contributed by atoms with van der Waals surface area (Å²) in [5.74, 6) is 0.255. The zero-order chi connectivity index (χ0) is 15.1. The van der Waals surface area contributed by atoms with E-state index in [9.17, 15) is 4.79 Å². The van der Waals surface area contributed by atoms with Gasteiger partial charge in [0.25, 0.3) is 5.91 Å². The number of rotatable bonds is 4. The van der Waals surface area contributed by atoms with E-state index in [4.69, 9.17) is 15.7 Å². The summed E-state index contributed by atoms with van der Waals surface area (Å²) in [6, 6.07) is 7.08. The molecule has 0 bridgehead atoms. The third-order valence-electron chi connectivity index (χ3n) is 3.70. The van der Waals surface area contributed by atoms with Gasteiger partial charge in [-0.3, -0.25) is 4.79 Å². The van der Waals surface area contributed by atoms with Crippen LogP contribution in [0.25, 0.3) is 0 Å². The van der Waals surface area contributed by atoms with Crippen molar-refractivity contribution in [3.05, 3.63) is 23.8 Å². The Hall–Kier alpha value is -2.22. The first-order valence-electron chi connectivity index (χ1n) is 7.41. The summed E-state index contributed by atoms with van der Waals surface area (Å²) in [4.78, 5) is 11.9. The number of nitrogens with zero attached hydrogens (tertiary/aromatic N) is 1. The third kappa shape index (κ3) is 4.67. The average molecular weight is 287 g/mol. The second-order valence-corrected chi connectivity index (χ2v) is 5.41. The number of benzene rings is 1. The molecule has 0 radical (unpaired) electrons. The Balaban J connectivity index is 1.85. The molecule has 3 N–H and O–H groups in total. The van der Waals surface area contributed by atoms with Crippen molar-refractivity contribution in [3.8, 4) is 11.8 Å². The molecule has 1 aliphatic rings. The summed E-state index contributed by atoms with van der Waals surface area (Å²) in [5, 5.41) is 12.0. The molecule has 1 saturated carbocycles. The van der Waals surface area contributed by atoms with Crippen LogP contribution < -0.4 is 15.8 Å². The average Bonchev–Trinajstić information content (AvgIpc) is 2.74. The summed E-state index contributed by atoms with van der Waals surface area (Å²) < 4.78 is 5.43. The lowest BCUT2D eigenvalue weighted by Gasteiger charge is -2.16. The smallest absolute Gasteiger partial charge is 0.258 e. The number of nitrogens with one attached hydrogen (secondary N) is 1. The van der Waals surface area contributed by atoms with E-state index < -0.39 is 0 Å². The van der Waals surface area contributed by atoms with Crippen molar-refractivity contribution in [1.29, 1.82) is 5.26 Å².